The zero-order valence-corrected chi connectivity index (χ0v) is 11.6. The van der Waals surface area contributed by atoms with Crippen molar-refractivity contribution in [2.24, 2.45) is 0 Å². The quantitative estimate of drug-likeness (QED) is 0.791. The lowest BCUT2D eigenvalue weighted by Crippen LogP contribution is -2.41. The molecule has 17 heavy (non-hydrogen) atoms. The molecular formula is C12H20N2O2S. The largest absolute Gasteiger partial charge is 0.495 e. The maximum Gasteiger partial charge on any atom is 0.265 e. The summed E-state index contributed by atoms with van der Waals surface area (Å²) in [6, 6.07) is 1.80. The van der Waals surface area contributed by atoms with Gasteiger partial charge in [0.2, 0.25) is 0 Å². The maximum absolute atomic E-state index is 11.8. The summed E-state index contributed by atoms with van der Waals surface area (Å²) in [6.07, 6.45) is 0. The van der Waals surface area contributed by atoms with Crippen LogP contribution in [-0.2, 0) is 0 Å². The third-order valence-corrected chi connectivity index (χ3v) is 3.02. The van der Waals surface area contributed by atoms with Crippen molar-refractivity contribution in [2.45, 2.75) is 26.3 Å². The SMILES string of the molecule is COc1ccsc1C(=O)NCCNC(C)(C)C. The predicted octanol–water partition coefficient (Wildman–Crippen LogP) is 1.87. The Kier molecular flexibility index (Phi) is 4.96. The first-order valence-corrected chi connectivity index (χ1v) is 6.47. The van der Waals surface area contributed by atoms with Crippen LogP contribution in [0.15, 0.2) is 11.4 Å². The number of rotatable bonds is 5. The van der Waals surface area contributed by atoms with Gasteiger partial charge < -0.3 is 15.4 Å². The summed E-state index contributed by atoms with van der Waals surface area (Å²) in [5.74, 6) is 0.559. The van der Waals surface area contributed by atoms with Crippen LogP contribution >= 0.6 is 11.3 Å². The Morgan fingerprint density at radius 3 is 2.71 bits per heavy atom. The summed E-state index contributed by atoms with van der Waals surface area (Å²) in [5, 5.41) is 8.02. The number of carbonyl (C=O) groups excluding carboxylic acids is 1. The number of hydrogen-bond donors (Lipinski definition) is 2. The molecule has 0 unspecified atom stereocenters. The van der Waals surface area contributed by atoms with Gasteiger partial charge in [-0.3, -0.25) is 4.79 Å². The molecule has 0 bridgehead atoms. The molecule has 0 aliphatic rings. The second-order valence-corrected chi connectivity index (χ2v) is 5.67. The fourth-order valence-electron chi connectivity index (χ4n) is 1.32. The molecule has 0 aliphatic heterocycles. The van der Waals surface area contributed by atoms with Crippen molar-refractivity contribution in [1.29, 1.82) is 0 Å². The van der Waals surface area contributed by atoms with E-state index in [-0.39, 0.29) is 11.4 Å². The van der Waals surface area contributed by atoms with Crippen LogP contribution in [0, 0.1) is 0 Å². The lowest BCUT2D eigenvalue weighted by molar-refractivity contribution is 0.0954. The number of amides is 1. The van der Waals surface area contributed by atoms with Crippen molar-refractivity contribution in [3.05, 3.63) is 16.3 Å². The van der Waals surface area contributed by atoms with E-state index in [0.29, 0.717) is 17.2 Å². The summed E-state index contributed by atoms with van der Waals surface area (Å²) in [4.78, 5) is 12.4. The Balaban J connectivity index is 2.36. The summed E-state index contributed by atoms with van der Waals surface area (Å²) < 4.78 is 5.10. The number of thiophene rings is 1. The molecule has 0 aliphatic carbocycles. The fourth-order valence-corrected chi connectivity index (χ4v) is 2.09. The highest BCUT2D eigenvalue weighted by molar-refractivity contribution is 7.12. The Morgan fingerprint density at radius 1 is 1.41 bits per heavy atom. The van der Waals surface area contributed by atoms with Gasteiger partial charge >= 0.3 is 0 Å². The molecule has 1 aromatic rings. The van der Waals surface area contributed by atoms with Crippen LogP contribution in [0.1, 0.15) is 30.4 Å². The highest BCUT2D eigenvalue weighted by Gasteiger charge is 2.13. The summed E-state index contributed by atoms with van der Waals surface area (Å²) in [5.41, 5.74) is 0.0748. The highest BCUT2D eigenvalue weighted by Crippen LogP contribution is 2.23. The van der Waals surface area contributed by atoms with Crippen molar-refractivity contribution in [1.82, 2.24) is 10.6 Å². The van der Waals surface area contributed by atoms with Gasteiger partial charge in [0.25, 0.3) is 5.91 Å². The van der Waals surface area contributed by atoms with Crippen LogP contribution in [-0.4, -0.2) is 31.6 Å². The summed E-state index contributed by atoms with van der Waals surface area (Å²) in [6.45, 7) is 7.64. The van der Waals surface area contributed by atoms with E-state index < -0.39 is 0 Å². The molecule has 1 heterocycles. The van der Waals surface area contributed by atoms with Gasteiger partial charge in [-0.2, -0.15) is 0 Å². The molecule has 1 aromatic heterocycles. The minimum absolute atomic E-state index is 0.0748. The molecule has 96 valence electrons. The third kappa shape index (κ3) is 4.75. The molecule has 0 atom stereocenters. The highest BCUT2D eigenvalue weighted by atomic mass is 32.1. The minimum Gasteiger partial charge on any atom is -0.495 e. The van der Waals surface area contributed by atoms with E-state index in [1.807, 2.05) is 5.38 Å². The van der Waals surface area contributed by atoms with E-state index in [1.54, 1.807) is 13.2 Å². The van der Waals surface area contributed by atoms with E-state index in [4.69, 9.17) is 4.74 Å². The molecule has 0 saturated carbocycles. The van der Waals surface area contributed by atoms with Gasteiger partial charge in [-0.15, -0.1) is 11.3 Å². The van der Waals surface area contributed by atoms with Gasteiger partial charge in [-0.25, -0.2) is 0 Å². The second-order valence-electron chi connectivity index (χ2n) is 4.75. The number of carbonyl (C=O) groups is 1. The first-order chi connectivity index (χ1) is 7.94. The average molecular weight is 256 g/mol. The zero-order chi connectivity index (χ0) is 12.9. The van der Waals surface area contributed by atoms with E-state index in [9.17, 15) is 4.79 Å². The minimum atomic E-state index is -0.0763. The normalized spacial score (nSPS) is 11.3. The molecule has 0 fully saturated rings. The van der Waals surface area contributed by atoms with Gasteiger partial charge in [0.05, 0.1) is 7.11 Å². The van der Waals surface area contributed by atoms with Crippen LogP contribution in [0.4, 0.5) is 0 Å². The Hall–Kier alpha value is -1.07. The molecule has 0 aromatic carbocycles. The molecular weight excluding hydrogens is 236 g/mol. The van der Waals surface area contributed by atoms with Crippen LogP contribution in [0.25, 0.3) is 0 Å². The number of nitrogens with one attached hydrogen (secondary N) is 2. The second kappa shape index (κ2) is 6.02. The molecule has 0 spiro atoms. The average Bonchev–Trinajstić information content (AvgIpc) is 2.70. The number of ether oxygens (including phenoxy) is 1. The van der Waals surface area contributed by atoms with Crippen molar-refractivity contribution >= 4 is 17.2 Å². The van der Waals surface area contributed by atoms with Crippen LogP contribution in [0.2, 0.25) is 0 Å². The molecule has 1 amide bonds. The van der Waals surface area contributed by atoms with Gasteiger partial charge in [-0.05, 0) is 32.2 Å². The van der Waals surface area contributed by atoms with Crippen LogP contribution < -0.4 is 15.4 Å². The smallest absolute Gasteiger partial charge is 0.265 e. The Labute approximate surface area is 106 Å². The fraction of sp³-hybridized carbons (Fsp3) is 0.583. The molecule has 0 saturated heterocycles. The van der Waals surface area contributed by atoms with Crippen LogP contribution in [0.5, 0.6) is 5.75 Å². The summed E-state index contributed by atoms with van der Waals surface area (Å²) >= 11 is 1.39. The van der Waals surface area contributed by atoms with Gasteiger partial charge in [-0.1, -0.05) is 0 Å². The molecule has 4 nitrogen and oxygen atoms in total. The van der Waals surface area contributed by atoms with Gasteiger partial charge in [0.1, 0.15) is 10.6 Å². The van der Waals surface area contributed by atoms with E-state index in [2.05, 4.69) is 31.4 Å². The molecule has 5 heteroatoms. The van der Waals surface area contributed by atoms with Crippen LogP contribution in [0.3, 0.4) is 0 Å². The third-order valence-electron chi connectivity index (χ3n) is 2.12. The monoisotopic (exact) mass is 256 g/mol. The van der Waals surface area contributed by atoms with Crippen molar-refractivity contribution < 1.29 is 9.53 Å². The molecule has 1 rings (SSSR count). The molecule has 2 N–H and O–H groups in total. The lowest BCUT2D eigenvalue weighted by Gasteiger charge is -2.20. The first-order valence-electron chi connectivity index (χ1n) is 5.59. The predicted molar refractivity (Wildman–Crippen MR) is 71.0 cm³/mol. The number of methoxy groups -OCH3 is 1. The van der Waals surface area contributed by atoms with Gasteiger partial charge in [0, 0.05) is 18.6 Å². The topological polar surface area (TPSA) is 50.4 Å². The van der Waals surface area contributed by atoms with E-state index >= 15 is 0 Å². The van der Waals surface area contributed by atoms with E-state index in [0.717, 1.165) is 6.54 Å². The van der Waals surface area contributed by atoms with Gasteiger partial charge in [0.15, 0.2) is 0 Å². The molecule has 0 radical (unpaired) electrons. The lowest BCUT2D eigenvalue weighted by atomic mass is 10.1. The van der Waals surface area contributed by atoms with Crippen molar-refractivity contribution in [3.8, 4) is 5.75 Å². The first kappa shape index (κ1) is 14.0. The summed E-state index contributed by atoms with van der Waals surface area (Å²) in [7, 11) is 1.57. The van der Waals surface area contributed by atoms with Crippen molar-refractivity contribution in [2.75, 3.05) is 20.2 Å². The standard InChI is InChI=1S/C12H20N2O2S/c1-12(2,3)14-7-6-13-11(15)10-9(16-4)5-8-17-10/h5,8,14H,6-7H2,1-4H3,(H,13,15). The zero-order valence-electron chi connectivity index (χ0n) is 10.8. The maximum atomic E-state index is 11.8. The van der Waals surface area contributed by atoms with Crippen molar-refractivity contribution in [3.63, 3.8) is 0 Å². The Morgan fingerprint density at radius 2 is 2.12 bits per heavy atom. The van der Waals surface area contributed by atoms with E-state index in [1.165, 1.54) is 11.3 Å². The Bertz CT molecular complexity index is 369. The number of hydrogen-bond acceptors (Lipinski definition) is 4.